The van der Waals surface area contributed by atoms with Gasteiger partial charge in [0.15, 0.2) is 18.1 Å². The number of carbonyl (C=O) groups excluding carboxylic acids is 2. The van der Waals surface area contributed by atoms with Crippen LogP contribution in [0.3, 0.4) is 0 Å². The molecule has 0 amide bonds. The van der Waals surface area contributed by atoms with Gasteiger partial charge in [-0.2, -0.15) is 0 Å². The lowest BCUT2D eigenvalue weighted by Crippen LogP contribution is -2.15. The molecule has 0 aliphatic heterocycles. The molecule has 6 nitrogen and oxygen atoms in total. The number of hydrogen-bond acceptors (Lipinski definition) is 5. The molecule has 0 bridgehead atoms. The average Bonchev–Trinajstić information content (AvgIpc) is 2.97. The lowest BCUT2D eigenvalue weighted by atomic mass is 10.1. The topological polar surface area (TPSA) is 77.6 Å². The number of aromatic amines is 1. The second-order valence-corrected chi connectivity index (χ2v) is 5.79. The molecule has 0 aliphatic carbocycles. The summed E-state index contributed by atoms with van der Waals surface area (Å²) in [7, 11) is 3.02. The zero-order valence-corrected chi connectivity index (χ0v) is 15.6. The summed E-state index contributed by atoms with van der Waals surface area (Å²) in [4.78, 5) is 27.7. The molecule has 1 N–H and O–H groups in total. The first-order valence-electron chi connectivity index (χ1n) is 8.16. The lowest BCUT2D eigenvalue weighted by Gasteiger charge is -2.13. The lowest BCUT2D eigenvalue weighted by molar-refractivity contribution is 0.0474. The van der Waals surface area contributed by atoms with Crippen LogP contribution in [0.2, 0.25) is 0 Å². The zero-order chi connectivity index (χ0) is 19.3. The van der Waals surface area contributed by atoms with Crippen LogP contribution in [0, 0.1) is 13.8 Å². The molecule has 0 saturated heterocycles. The average molecular weight is 357 g/mol. The highest BCUT2D eigenvalue weighted by molar-refractivity contribution is 6.00. The minimum absolute atomic E-state index is 0.255. The summed E-state index contributed by atoms with van der Waals surface area (Å²) in [5.41, 5.74) is 3.13. The number of Topliss-reactive ketones (excluding diaryl/α,β-unsaturated/α-hetero) is 1. The third-order valence-corrected chi connectivity index (χ3v) is 3.87. The second kappa shape index (κ2) is 8.38. The number of H-pyrrole nitrogens is 1. The number of methoxy groups -OCH3 is 2. The Morgan fingerprint density at radius 2 is 1.85 bits per heavy atom. The monoisotopic (exact) mass is 357 g/mol. The van der Waals surface area contributed by atoms with Crippen molar-refractivity contribution in [2.45, 2.75) is 20.8 Å². The highest BCUT2D eigenvalue weighted by atomic mass is 16.5. The molecule has 0 spiro atoms. The number of nitrogens with one attached hydrogen (secondary N) is 1. The van der Waals surface area contributed by atoms with Crippen molar-refractivity contribution < 1.29 is 23.8 Å². The van der Waals surface area contributed by atoms with E-state index in [0.29, 0.717) is 22.6 Å². The molecule has 0 saturated carbocycles. The summed E-state index contributed by atoms with van der Waals surface area (Å²) in [6, 6.07) is 4.91. The Morgan fingerprint density at radius 1 is 1.12 bits per heavy atom. The van der Waals surface area contributed by atoms with Crippen LogP contribution in [0.25, 0.3) is 6.08 Å². The molecule has 1 heterocycles. The van der Waals surface area contributed by atoms with Gasteiger partial charge in [0.25, 0.3) is 0 Å². The van der Waals surface area contributed by atoms with Crippen molar-refractivity contribution in [3.8, 4) is 11.5 Å². The minimum Gasteiger partial charge on any atom is -0.493 e. The van der Waals surface area contributed by atoms with Crippen molar-refractivity contribution in [1.82, 2.24) is 4.98 Å². The van der Waals surface area contributed by atoms with E-state index in [9.17, 15) is 9.59 Å². The maximum atomic E-state index is 12.4. The van der Waals surface area contributed by atoms with E-state index in [1.165, 1.54) is 20.3 Å². The van der Waals surface area contributed by atoms with Crippen molar-refractivity contribution in [1.29, 1.82) is 0 Å². The van der Waals surface area contributed by atoms with Crippen molar-refractivity contribution in [3.05, 3.63) is 52.4 Å². The molecule has 0 aliphatic rings. The Kier molecular flexibility index (Phi) is 6.22. The first-order valence-corrected chi connectivity index (χ1v) is 8.16. The van der Waals surface area contributed by atoms with E-state index in [1.54, 1.807) is 25.1 Å². The summed E-state index contributed by atoms with van der Waals surface area (Å²) in [5.74, 6) is 0.0828. The highest BCUT2D eigenvalue weighted by Crippen LogP contribution is 2.33. The van der Waals surface area contributed by atoms with E-state index in [4.69, 9.17) is 14.2 Å². The van der Waals surface area contributed by atoms with Crippen molar-refractivity contribution in [2.75, 3.05) is 20.8 Å². The second-order valence-electron chi connectivity index (χ2n) is 5.79. The molecule has 1 aromatic heterocycles. The number of aromatic nitrogens is 1. The number of carbonyl (C=O) groups is 2. The Hall–Kier alpha value is -3.02. The standard InChI is InChI=1S/C20H23NO5/c1-6-7-14-9-15(10-18(24-4)19(14)25-5)20(23)26-11-17(22)16-8-12(2)21-13(16)3/h6-10,21H,11H2,1-5H3/b7-6+. The molecule has 0 fully saturated rings. The molecule has 0 radical (unpaired) electrons. The van der Waals surface area contributed by atoms with Crippen LogP contribution in [0.15, 0.2) is 24.3 Å². The van der Waals surface area contributed by atoms with E-state index in [2.05, 4.69) is 4.98 Å². The maximum Gasteiger partial charge on any atom is 0.338 e. The van der Waals surface area contributed by atoms with Gasteiger partial charge in [0, 0.05) is 22.5 Å². The van der Waals surface area contributed by atoms with Gasteiger partial charge in [-0.25, -0.2) is 4.79 Å². The number of aryl methyl sites for hydroxylation is 2. The number of benzene rings is 1. The smallest absolute Gasteiger partial charge is 0.338 e. The third kappa shape index (κ3) is 4.14. The fraction of sp³-hybridized carbons (Fsp3) is 0.300. The molecule has 2 aromatic rings. The van der Waals surface area contributed by atoms with Gasteiger partial charge in [-0.1, -0.05) is 12.2 Å². The molecular formula is C20H23NO5. The molecule has 26 heavy (non-hydrogen) atoms. The molecule has 6 heteroatoms. The minimum atomic E-state index is -0.602. The maximum absolute atomic E-state index is 12.4. The Morgan fingerprint density at radius 3 is 2.38 bits per heavy atom. The van der Waals surface area contributed by atoms with E-state index in [-0.39, 0.29) is 18.0 Å². The quantitative estimate of drug-likeness (QED) is 0.603. The van der Waals surface area contributed by atoms with Crippen LogP contribution in [-0.2, 0) is 4.74 Å². The van der Waals surface area contributed by atoms with Gasteiger partial charge in [0.1, 0.15) is 0 Å². The predicted molar refractivity (Wildman–Crippen MR) is 99.1 cm³/mol. The molecule has 1 aromatic carbocycles. The Labute approximate surface area is 152 Å². The van der Waals surface area contributed by atoms with Gasteiger partial charge in [-0.05, 0) is 39.0 Å². The van der Waals surface area contributed by atoms with Gasteiger partial charge in [0.05, 0.1) is 19.8 Å². The fourth-order valence-electron chi connectivity index (χ4n) is 2.72. The summed E-state index contributed by atoms with van der Waals surface area (Å²) < 4.78 is 15.8. The molecular weight excluding hydrogens is 334 g/mol. The van der Waals surface area contributed by atoms with Crippen LogP contribution in [0.1, 0.15) is 44.6 Å². The Balaban J connectivity index is 2.20. The number of allylic oxidation sites excluding steroid dienone is 1. The van der Waals surface area contributed by atoms with Crippen LogP contribution in [0.5, 0.6) is 11.5 Å². The van der Waals surface area contributed by atoms with E-state index < -0.39 is 5.97 Å². The molecule has 0 unspecified atom stereocenters. The zero-order valence-electron chi connectivity index (χ0n) is 15.6. The number of esters is 1. The van der Waals surface area contributed by atoms with Crippen LogP contribution in [0.4, 0.5) is 0 Å². The summed E-state index contributed by atoms with van der Waals surface area (Å²) in [5, 5.41) is 0. The van der Waals surface area contributed by atoms with E-state index in [0.717, 1.165) is 11.4 Å². The van der Waals surface area contributed by atoms with Crippen molar-refractivity contribution in [3.63, 3.8) is 0 Å². The van der Waals surface area contributed by atoms with Crippen LogP contribution < -0.4 is 9.47 Å². The largest absolute Gasteiger partial charge is 0.493 e. The van der Waals surface area contributed by atoms with Crippen molar-refractivity contribution in [2.24, 2.45) is 0 Å². The predicted octanol–water partition coefficient (Wildman–Crippen LogP) is 3.72. The normalized spacial score (nSPS) is 10.8. The molecule has 138 valence electrons. The SMILES string of the molecule is C/C=C/c1cc(C(=O)OCC(=O)c2cc(C)[nH]c2C)cc(OC)c1OC. The van der Waals surface area contributed by atoms with Gasteiger partial charge in [-0.3, -0.25) is 4.79 Å². The number of rotatable bonds is 7. The number of hydrogen-bond donors (Lipinski definition) is 1. The van der Waals surface area contributed by atoms with Crippen LogP contribution in [-0.4, -0.2) is 37.6 Å². The molecule has 0 atom stereocenters. The summed E-state index contributed by atoms with van der Waals surface area (Å²) in [6.45, 7) is 5.20. The first kappa shape index (κ1) is 19.3. The fourth-order valence-corrected chi connectivity index (χ4v) is 2.72. The summed E-state index contributed by atoms with van der Waals surface area (Å²) in [6.07, 6.45) is 3.63. The van der Waals surface area contributed by atoms with Gasteiger partial charge in [0.2, 0.25) is 5.78 Å². The van der Waals surface area contributed by atoms with E-state index >= 15 is 0 Å². The van der Waals surface area contributed by atoms with Crippen LogP contribution >= 0.6 is 0 Å². The van der Waals surface area contributed by atoms with Gasteiger partial charge >= 0.3 is 5.97 Å². The Bertz CT molecular complexity index is 848. The number of ketones is 1. The van der Waals surface area contributed by atoms with Gasteiger partial charge in [-0.15, -0.1) is 0 Å². The first-order chi connectivity index (χ1) is 12.4. The highest BCUT2D eigenvalue weighted by Gasteiger charge is 2.18. The molecule has 2 rings (SSSR count). The van der Waals surface area contributed by atoms with Crippen molar-refractivity contribution >= 4 is 17.8 Å². The number of ether oxygens (including phenoxy) is 3. The van der Waals surface area contributed by atoms with Gasteiger partial charge < -0.3 is 19.2 Å². The third-order valence-electron chi connectivity index (χ3n) is 3.87. The van der Waals surface area contributed by atoms with E-state index in [1.807, 2.05) is 19.9 Å². The summed E-state index contributed by atoms with van der Waals surface area (Å²) >= 11 is 0.